The van der Waals surface area contributed by atoms with Crippen LogP contribution >= 0.6 is 33.9 Å². The van der Waals surface area contributed by atoms with Crippen LogP contribution in [0, 0.1) is 3.57 Å². The van der Waals surface area contributed by atoms with Gasteiger partial charge in [0.2, 0.25) is 0 Å². The molecule has 0 aliphatic heterocycles. The van der Waals surface area contributed by atoms with Crippen LogP contribution in [0.3, 0.4) is 0 Å². The second kappa shape index (κ2) is 9.86. The van der Waals surface area contributed by atoms with Gasteiger partial charge in [-0.2, -0.15) is 0 Å². The maximum atomic E-state index is 13.1. The molecule has 0 radical (unpaired) electrons. The normalized spacial score (nSPS) is 13.4. The fraction of sp³-hybridized carbons (Fsp3) is 0.304. The number of amides is 1. The Morgan fingerprint density at radius 2 is 2.23 bits per heavy atom. The van der Waals surface area contributed by atoms with Gasteiger partial charge in [-0.1, -0.05) is 0 Å². The van der Waals surface area contributed by atoms with Gasteiger partial charge in [-0.3, -0.25) is 4.79 Å². The smallest absolute Gasteiger partial charge is 0.255 e. The first kappa shape index (κ1) is 21.9. The summed E-state index contributed by atoms with van der Waals surface area (Å²) in [6.07, 6.45) is 7.43. The first-order valence-corrected chi connectivity index (χ1v) is 12.1. The van der Waals surface area contributed by atoms with Crippen LogP contribution in [0.4, 0.5) is 5.00 Å². The highest BCUT2D eigenvalue weighted by Gasteiger charge is 2.25. The molecule has 1 aliphatic carbocycles. The number of aromatic hydroxyl groups is 1. The molecule has 0 atom stereocenters. The number of phenols is 1. The Morgan fingerprint density at radius 1 is 1.39 bits per heavy atom. The van der Waals surface area contributed by atoms with Gasteiger partial charge in [0, 0.05) is 11.1 Å². The highest BCUT2D eigenvalue weighted by atomic mass is 127. The molecule has 2 N–H and O–H groups in total. The van der Waals surface area contributed by atoms with E-state index in [2.05, 4.69) is 32.9 Å². The predicted octanol–water partition coefficient (Wildman–Crippen LogP) is 5.61. The topological polar surface area (TPSA) is 84.1 Å². The molecule has 2 heterocycles. The Bertz CT molecular complexity index is 1110. The number of aliphatic imine (C=N–C) groups is 1. The van der Waals surface area contributed by atoms with Gasteiger partial charge in [0.15, 0.2) is 11.5 Å². The molecule has 4 rings (SSSR count). The number of furan rings is 1. The van der Waals surface area contributed by atoms with Crippen molar-refractivity contribution >= 4 is 51.1 Å². The summed E-state index contributed by atoms with van der Waals surface area (Å²) in [5, 5.41) is 13.8. The van der Waals surface area contributed by atoms with Crippen LogP contribution in [0.5, 0.6) is 11.5 Å². The average molecular weight is 550 g/mol. The summed E-state index contributed by atoms with van der Waals surface area (Å²) in [6, 6.07) is 7.24. The fourth-order valence-corrected chi connectivity index (χ4v) is 5.47. The van der Waals surface area contributed by atoms with Crippen molar-refractivity contribution < 1.29 is 19.1 Å². The maximum absolute atomic E-state index is 13.1. The number of nitrogens with zero attached hydrogens (tertiary/aromatic N) is 1. The van der Waals surface area contributed by atoms with Crippen molar-refractivity contribution in [1.82, 2.24) is 5.32 Å². The standard InChI is InChI=1S/C23H23IN2O4S/c1-2-29-18-11-14(10-17(24)21(18)27)12-26-23-20(16-7-3-4-8-19(16)31-23)22(28)25-13-15-6-5-9-30-15/h5-6,9-12,27H,2-4,7-8,13H2,1H3,(H,25,28). The zero-order chi connectivity index (χ0) is 21.8. The zero-order valence-electron chi connectivity index (χ0n) is 17.1. The summed E-state index contributed by atoms with van der Waals surface area (Å²) in [5.41, 5.74) is 2.59. The molecule has 6 nitrogen and oxygen atoms in total. The van der Waals surface area contributed by atoms with Gasteiger partial charge in [-0.15, -0.1) is 11.3 Å². The van der Waals surface area contributed by atoms with Gasteiger partial charge >= 0.3 is 0 Å². The SMILES string of the molecule is CCOc1cc(C=Nc2sc3c(c2C(=O)NCc2ccco2)CCCC3)cc(I)c1O. The first-order valence-electron chi connectivity index (χ1n) is 10.2. The Hall–Kier alpha value is -2.33. The van der Waals surface area contributed by atoms with Crippen molar-refractivity contribution in [2.24, 2.45) is 4.99 Å². The number of aryl methyl sites for hydroxylation is 1. The molecule has 0 saturated carbocycles. The zero-order valence-corrected chi connectivity index (χ0v) is 20.1. The first-order chi connectivity index (χ1) is 15.1. The molecule has 31 heavy (non-hydrogen) atoms. The molecular weight excluding hydrogens is 527 g/mol. The Labute approximate surface area is 198 Å². The number of carbonyl (C=O) groups excluding carboxylic acids is 1. The highest BCUT2D eigenvalue weighted by Crippen LogP contribution is 2.40. The fourth-order valence-electron chi connectivity index (χ4n) is 3.61. The van der Waals surface area contributed by atoms with Crippen molar-refractivity contribution in [3.8, 4) is 11.5 Å². The number of phenolic OH excluding ortho intramolecular Hbond substituents is 1. The lowest BCUT2D eigenvalue weighted by molar-refractivity contribution is 0.0948. The lowest BCUT2D eigenvalue weighted by Crippen LogP contribution is -2.23. The molecule has 3 aromatic rings. The van der Waals surface area contributed by atoms with Crippen LogP contribution in [-0.2, 0) is 19.4 Å². The second-order valence-corrected chi connectivity index (χ2v) is 9.44. The largest absolute Gasteiger partial charge is 0.504 e. The molecule has 0 bridgehead atoms. The highest BCUT2D eigenvalue weighted by molar-refractivity contribution is 14.1. The quantitative estimate of drug-likeness (QED) is 0.296. The third-order valence-corrected chi connectivity index (χ3v) is 7.09. The van der Waals surface area contributed by atoms with Gasteiger partial charge in [0.05, 0.1) is 28.5 Å². The number of hydrogen-bond acceptors (Lipinski definition) is 6. The third kappa shape index (κ3) is 4.95. The molecule has 1 aromatic carbocycles. The number of halogens is 1. The Kier molecular flexibility index (Phi) is 6.96. The van der Waals surface area contributed by atoms with Crippen LogP contribution in [0.1, 0.15) is 51.9 Å². The van der Waals surface area contributed by atoms with Gasteiger partial charge in [-0.05, 0) is 90.6 Å². The summed E-state index contributed by atoms with van der Waals surface area (Å²) in [7, 11) is 0. The molecule has 162 valence electrons. The Morgan fingerprint density at radius 3 is 3.00 bits per heavy atom. The number of thiophene rings is 1. The summed E-state index contributed by atoms with van der Waals surface area (Å²) in [6.45, 7) is 2.67. The van der Waals surface area contributed by atoms with E-state index in [4.69, 9.17) is 9.15 Å². The minimum Gasteiger partial charge on any atom is -0.504 e. The molecule has 1 aliphatic rings. The third-order valence-electron chi connectivity index (χ3n) is 5.06. The summed E-state index contributed by atoms with van der Waals surface area (Å²) < 4.78 is 11.5. The monoisotopic (exact) mass is 550 g/mol. The number of benzene rings is 1. The van der Waals surface area contributed by atoms with Crippen molar-refractivity contribution in [2.45, 2.75) is 39.2 Å². The van der Waals surface area contributed by atoms with Crippen molar-refractivity contribution in [2.75, 3.05) is 6.61 Å². The molecular formula is C23H23IN2O4S. The molecule has 0 fully saturated rings. The molecule has 8 heteroatoms. The lowest BCUT2D eigenvalue weighted by Gasteiger charge is -2.12. The van der Waals surface area contributed by atoms with Gasteiger partial charge < -0.3 is 19.6 Å². The van der Waals surface area contributed by atoms with E-state index in [1.807, 2.05) is 19.1 Å². The molecule has 2 aromatic heterocycles. The molecule has 0 saturated heterocycles. The summed E-state index contributed by atoms with van der Waals surface area (Å²) in [4.78, 5) is 19.0. The minimum absolute atomic E-state index is 0.127. The molecule has 0 spiro atoms. The number of nitrogens with one attached hydrogen (secondary N) is 1. The predicted molar refractivity (Wildman–Crippen MR) is 130 cm³/mol. The van der Waals surface area contributed by atoms with E-state index in [0.29, 0.717) is 38.8 Å². The van der Waals surface area contributed by atoms with E-state index in [-0.39, 0.29) is 11.7 Å². The molecule has 0 unspecified atom stereocenters. The Balaban J connectivity index is 1.63. The number of carbonyl (C=O) groups is 1. The van der Waals surface area contributed by atoms with Crippen LogP contribution < -0.4 is 10.1 Å². The number of rotatable bonds is 7. The van der Waals surface area contributed by atoms with Crippen molar-refractivity contribution in [3.05, 3.63) is 61.4 Å². The average Bonchev–Trinajstić information content (AvgIpc) is 3.41. The van der Waals surface area contributed by atoms with Gasteiger partial charge in [0.25, 0.3) is 5.91 Å². The van der Waals surface area contributed by atoms with E-state index in [9.17, 15) is 9.90 Å². The van der Waals surface area contributed by atoms with E-state index >= 15 is 0 Å². The van der Waals surface area contributed by atoms with Crippen LogP contribution in [0.15, 0.2) is 39.9 Å². The van der Waals surface area contributed by atoms with Gasteiger partial charge in [0.1, 0.15) is 10.8 Å². The minimum atomic E-state index is -0.127. The number of fused-ring (bicyclic) bond motifs is 1. The van der Waals surface area contributed by atoms with Crippen molar-refractivity contribution in [3.63, 3.8) is 0 Å². The van der Waals surface area contributed by atoms with E-state index < -0.39 is 0 Å². The second-order valence-electron chi connectivity index (χ2n) is 7.19. The van der Waals surface area contributed by atoms with Crippen LogP contribution in [-0.4, -0.2) is 23.8 Å². The number of hydrogen-bond donors (Lipinski definition) is 2. The lowest BCUT2D eigenvalue weighted by atomic mass is 9.95. The van der Waals surface area contributed by atoms with Gasteiger partial charge in [-0.25, -0.2) is 4.99 Å². The van der Waals surface area contributed by atoms with E-state index in [1.165, 1.54) is 4.88 Å². The summed E-state index contributed by atoms with van der Waals surface area (Å²) >= 11 is 3.66. The number of ether oxygens (including phenoxy) is 1. The van der Waals surface area contributed by atoms with E-state index in [1.54, 1.807) is 35.9 Å². The van der Waals surface area contributed by atoms with E-state index in [0.717, 1.165) is 36.8 Å². The van der Waals surface area contributed by atoms with Crippen LogP contribution in [0.2, 0.25) is 0 Å². The van der Waals surface area contributed by atoms with Crippen molar-refractivity contribution in [1.29, 1.82) is 0 Å². The summed E-state index contributed by atoms with van der Waals surface area (Å²) in [5.74, 6) is 1.14. The molecule has 1 amide bonds. The maximum Gasteiger partial charge on any atom is 0.255 e. The van der Waals surface area contributed by atoms with Crippen LogP contribution in [0.25, 0.3) is 0 Å².